The molecule has 1 saturated heterocycles. The van der Waals surface area contributed by atoms with E-state index in [1.165, 1.54) is 23.2 Å². The Morgan fingerprint density at radius 1 is 1.28 bits per heavy atom. The lowest BCUT2D eigenvalue weighted by Crippen LogP contribution is -2.49. The SMILES string of the molecule is Cn1ccc(=O)c(NC(=O)N2c3nc(C(=O)NC(CF)C(F)F)ccc3N3CC[C@H]2C3)c1. The number of halogens is 3. The number of fused-ring (bicyclic) bond motifs is 4. The van der Waals surface area contributed by atoms with Gasteiger partial charge in [-0.2, -0.15) is 0 Å². The zero-order valence-electron chi connectivity index (χ0n) is 17.1. The molecule has 1 fully saturated rings. The highest BCUT2D eigenvalue weighted by Gasteiger charge is 2.40. The second-order valence-electron chi connectivity index (χ2n) is 7.68. The van der Waals surface area contributed by atoms with E-state index in [0.717, 1.165) is 0 Å². The first-order valence-corrected chi connectivity index (χ1v) is 9.96. The van der Waals surface area contributed by atoms with Crippen molar-refractivity contribution in [2.45, 2.75) is 24.9 Å². The van der Waals surface area contributed by atoms with E-state index in [4.69, 9.17) is 0 Å². The molecule has 2 aromatic heterocycles. The molecule has 0 saturated carbocycles. The Kier molecular flexibility index (Phi) is 5.76. The number of anilines is 3. The van der Waals surface area contributed by atoms with E-state index in [2.05, 4.69) is 10.3 Å². The number of urea groups is 1. The van der Waals surface area contributed by atoms with Gasteiger partial charge in [0.1, 0.15) is 24.1 Å². The summed E-state index contributed by atoms with van der Waals surface area (Å²) in [7, 11) is 1.71. The summed E-state index contributed by atoms with van der Waals surface area (Å²) >= 11 is 0. The number of nitrogens with one attached hydrogen (secondary N) is 2. The van der Waals surface area contributed by atoms with Crippen molar-refractivity contribution in [2.75, 3.05) is 34.9 Å². The molecule has 2 aromatic rings. The second kappa shape index (κ2) is 8.52. The summed E-state index contributed by atoms with van der Waals surface area (Å²) in [5.74, 6) is -0.800. The number of carbonyl (C=O) groups is 2. The van der Waals surface area contributed by atoms with Crippen LogP contribution in [0.3, 0.4) is 0 Å². The smallest absolute Gasteiger partial charge is 0.328 e. The average molecular weight is 450 g/mol. The summed E-state index contributed by atoms with van der Waals surface area (Å²) in [6, 6.07) is 1.45. The van der Waals surface area contributed by atoms with Gasteiger partial charge in [0.2, 0.25) is 5.43 Å². The molecule has 0 spiro atoms. The number of rotatable bonds is 5. The Bertz CT molecular complexity index is 1110. The lowest BCUT2D eigenvalue weighted by molar-refractivity contribution is 0.0677. The Morgan fingerprint density at radius 2 is 2.06 bits per heavy atom. The van der Waals surface area contributed by atoms with Gasteiger partial charge in [0, 0.05) is 38.6 Å². The van der Waals surface area contributed by atoms with Gasteiger partial charge in [0.15, 0.2) is 5.82 Å². The monoisotopic (exact) mass is 450 g/mol. The number of aryl methyl sites for hydroxylation is 1. The Balaban J connectivity index is 1.65. The first-order chi connectivity index (χ1) is 15.3. The van der Waals surface area contributed by atoms with Crippen LogP contribution in [0.1, 0.15) is 16.9 Å². The largest absolute Gasteiger partial charge is 0.366 e. The average Bonchev–Trinajstić information content (AvgIpc) is 3.18. The van der Waals surface area contributed by atoms with Crippen molar-refractivity contribution in [2.24, 2.45) is 7.05 Å². The molecule has 0 aromatic carbocycles. The van der Waals surface area contributed by atoms with Crippen LogP contribution >= 0.6 is 0 Å². The first-order valence-electron chi connectivity index (χ1n) is 9.96. The number of hydrogen-bond donors (Lipinski definition) is 2. The van der Waals surface area contributed by atoms with Crippen LogP contribution in [0.15, 0.2) is 35.4 Å². The maximum atomic E-state index is 13.1. The Labute approximate surface area is 180 Å². The topological polar surface area (TPSA) is 99.6 Å². The van der Waals surface area contributed by atoms with E-state index in [1.807, 2.05) is 10.2 Å². The third kappa shape index (κ3) is 3.99. The molecule has 4 rings (SSSR count). The standard InChI is InChI=1S/C20H21F3N6O3/c1-27-6-5-16(30)14(10-27)26-20(32)29-11-4-7-28(9-11)15-3-2-12(24-18(15)29)19(31)25-13(8-21)17(22)23/h2-3,5-6,10-11,13,17H,4,7-9H2,1H3,(H,25,31)(H,26,32)/t11-,13?/m0/s1. The molecule has 2 N–H and O–H groups in total. The van der Waals surface area contributed by atoms with Gasteiger partial charge in [-0.3, -0.25) is 14.5 Å². The molecule has 4 heterocycles. The van der Waals surface area contributed by atoms with Gasteiger partial charge in [0.05, 0.1) is 11.7 Å². The number of hydrogen-bond acceptors (Lipinski definition) is 5. The fourth-order valence-corrected chi connectivity index (χ4v) is 3.86. The predicted octanol–water partition coefficient (Wildman–Crippen LogP) is 1.74. The lowest BCUT2D eigenvalue weighted by atomic mass is 10.1. The van der Waals surface area contributed by atoms with Crippen molar-refractivity contribution in [1.29, 1.82) is 0 Å². The summed E-state index contributed by atoms with van der Waals surface area (Å²) < 4.78 is 40.1. The molecule has 170 valence electrons. The summed E-state index contributed by atoms with van der Waals surface area (Å²) in [4.78, 5) is 45.3. The number of aromatic nitrogens is 2. The normalized spacial score (nSPS) is 17.8. The van der Waals surface area contributed by atoms with E-state index >= 15 is 0 Å². The predicted molar refractivity (Wildman–Crippen MR) is 111 cm³/mol. The lowest BCUT2D eigenvalue weighted by Gasteiger charge is -2.35. The number of pyridine rings is 2. The van der Waals surface area contributed by atoms with Crippen LogP contribution < -0.4 is 25.9 Å². The number of amides is 3. The van der Waals surface area contributed by atoms with Crippen LogP contribution in [0.25, 0.3) is 0 Å². The molecule has 2 bridgehead atoms. The maximum absolute atomic E-state index is 13.1. The minimum atomic E-state index is -3.07. The summed E-state index contributed by atoms with van der Waals surface area (Å²) in [6.07, 6.45) is 0.608. The van der Waals surface area contributed by atoms with Gasteiger partial charge in [-0.15, -0.1) is 0 Å². The van der Waals surface area contributed by atoms with Gasteiger partial charge >= 0.3 is 6.03 Å². The Morgan fingerprint density at radius 3 is 2.78 bits per heavy atom. The molecule has 2 atom stereocenters. The summed E-state index contributed by atoms with van der Waals surface area (Å²) in [6.45, 7) is -0.211. The number of nitrogens with zero attached hydrogens (tertiary/aromatic N) is 4. The number of carbonyl (C=O) groups excluding carboxylic acids is 2. The van der Waals surface area contributed by atoms with E-state index in [-0.39, 0.29) is 28.7 Å². The summed E-state index contributed by atoms with van der Waals surface area (Å²) in [5.41, 5.74) is 0.0896. The fourth-order valence-electron chi connectivity index (χ4n) is 3.86. The van der Waals surface area contributed by atoms with Crippen molar-refractivity contribution in [1.82, 2.24) is 14.9 Å². The van der Waals surface area contributed by atoms with Crippen LogP contribution in [0, 0.1) is 0 Å². The van der Waals surface area contributed by atoms with E-state index in [1.54, 1.807) is 23.9 Å². The third-order valence-corrected chi connectivity index (χ3v) is 5.49. The molecule has 32 heavy (non-hydrogen) atoms. The fraction of sp³-hybridized carbons (Fsp3) is 0.400. The van der Waals surface area contributed by atoms with Gasteiger partial charge in [-0.1, -0.05) is 0 Å². The van der Waals surface area contributed by atoms with E-state index < -0.39 is 31.1 Å². The van der Waals surface area contributed by atoms with Crippen LogP contribution in [0.4, 0.5) is 35.2 Å². The second-order valence-corrected chi connectivity index (χ2v) is 7.68. The minimum absolute atomic E-state index is 0.0820. The summed E-state index contributed by atoms with van der Waals surface area (Å²) in [5, 5.41) is 4.52. The third-order valence-electron chi connectivity index (χ3n) is 5.49. The van der Waals surface area contributed by atoms with Gasteiger partial charge in [-0.25, -0.2) is 22.9 Å². The number of alkyl halides is 3. The maximum Gasteiger partial charge on any atom is 0.328 e. The van der Waals surface area contributed by atoms with Gasteiger partial charge < -0.3 is 20.1 Å². The highest BCUT2D eigenvalue weighted by molar-refractivity contribution is 6.05. The van der Waals surface area contributed by atoms with E-state index in [0.29, 0.717) is 25.2 Å². The highest BCUT2D eigenvalue weighted by Crippen LogP contribution is 2.39. The van der Waals surface area contributed by atoms with Crippen molar-refractivity contribution in [3.05, 3.63) is 46.5 Å². The molecule has 12 heteroatoms. The van der Waals surface area contributed by atoms with Crippen molar-refractivity contribution in [3.63, 3.8) is 0 Å². The molecule has 2 aliphatic rings. The van der Waals surface area contributed by atoms with Crippen molar-refractivity contribution in [3.8, 4) is 0 Å². The molecule has 0 radical (unpaired) electrons. The molecule has 0 aliphatic carbocycles. The van der Waals surface area contributed by atoms with Crippen molar-refractivity contribution >= 4 is 29.1 Å². The molecule has 9 nitrogen and oxygen atoms in total. The molecule has 2 aliphatic heterocycles. The van der Waals surface area contributed by atoms with E-state index in [9.17, 15) is 27.6 Å². The molecule has 1 unspecified atom stereocenters. The quantitative estimate of drug-likeness (QED) is 0.723. The molecular formula is C20H21F3N6O3. The highest BCUT2D eigenvalue weighted by atomic mass is 19.3. The zero-order valence-corrected chi connectivity index (χ0v) is 17.1. The van der Waals surface area contributed by atoms with Crippen LogP contribution in [0.5, 0.6) is 0 Å². The zero-order chi connectivity index (χ0) is 23.0. The van der Waals surface area contributed by atoms with Crippen LogP contribution in [-0.4, -0.2) is 59.8 Å². The minimum Gasteiger partial charge on any atom is -0.366 e. The molecular weight excluding hydrogens is 429 g/mol. The molecule has 3 amide bonds. The Hall–Kier alpha value is -3.57. The van der Waals surface area contributed by atoms with Gasteiger partial charge in [0.25, 0.3) is 12.3 Å². The van der Waals surface area contributed by atoms with Crippen molar-refractivity contribution < 1.29 is 22.8 Å². The van der Waals surface area contributed by atoms with Crippen LogP contribution in [-0.2, 0) is 7.05 Å². The van der Waals surface area contributed by atoms with Gasteiger partial charge in [-0.05, 0) is 18.6 Å². The first kappa shape index (κ1) is 21.7. The van der Waals surface area contributed by atoms with Crippen LogP contribution in [0.2, 0.25) is 0 Å².